The minimum atomic E-state index is -0.553. The Labute approximate surface area is 143 Å². The van der Waals surface area contributed by atoms with Crippen molar-refractivity contribution in [1.29, 1.82) is 0 Å². The van der Waals surface area contributed by atoms with Gasteiger partial charge in [-0.05, 0) is 20.8 Å². The van der Waals surface area contributed by atoms with Crippen LogP contribution < -0.4 is 5.32 Å². The number of rotatable bonds is 7. The SMILES string of the molecule is CCOC(C)n1cc(-c2ncn3nc(N[C@@H](C)CF)nc3c2O)cn1. The van der Waals surface area contributed by atoms with E-state index >= 15 is 0 Å². The van der Waals surface area contributed by atoms with Crippen molar-refractivity contribution in [2.24, 2.45) is 0 Å². The standard InChI is InChI=1S/C15H20FN7O2/c1-4-25-10(3)22-7-11(6-18-22)12-13(24)14-20-15(19-9(2)5-16)21-23(14)8-17-12/h6-10,24H,4-5H2,1-3H3,(H,19,21)/t9-,10?/m0/s1. The zero-order valence-electron chi connectivity index (χ0n) is 14.2. The van der Waals surface area contributed by atoms with Crippen LogP contribution in [0.2, 0.25) is 0 Å². The lowest BCUT2D eigenvalue weighted by Crippen LogP contribution is -2.17. The Hall–Kier alpha value is -2.75. The molecule has 9 nitrogen and oxygen atoms in total. The van der Waals surface area contributed by atoms with E-state index in [-0.39, 0.29) is 23.6 Å². The highest BCUT2D eigenvalue weighted by molar-refractivity contribution is 5.73. The van der Waals surface area contributed by atoms with Crippen molar-refractivity contribution in [2.45, 2.75) is 33.0 Å². The van der Waals surface area contributed by atoms with Gasteiger partial charge in [0, 0.05) is 18.4 Å². The largest absolute Gasteiger partial charge is 0.503 e. The smallest absolute Gasteiger partial charge is 0.243 e. The molecule has 3 aromatic rings. The third-order valence-corrected chi connectivity index (χ3v) is 3.63. The molecule has 1 unspecified atom stereocenters. The van der Waals surface area contributed by atoms with Crippen LogP contribution in [-0.2, 0) is 4.74 Å². The van der Waals surface area contributed by atoms with Crippen molar-refractivity contribution in [3.8, 4) is 17.0 Å². The molecule has 3 rings (SSSR count). The summed E-state index contributed by atoms with van der Waals surface area (Å²) >= 11 is 0. The summed E-state index contributed by atoms with van der Waals surface area (Å²) in [5.41, 5.74) is 1.19. The molecule has 0 aliphatic heterocycles. The van der Waals surface area contributed by atoms with Crippen LogP contribution in [0.15, 0.2) is 18.7 Å². The van der Waals surface area contributed by atoms with E-state index in [1.54, 1.807) is 24.0 Å². The number of hydrogen-bond donors (Lipinski definition) is 2. The van der Waals surface area contributed by atoms with Crippen LogP contribution in [0.4, 0.5) is 10.3 Å². The molecule has 134 valence electrons. The lowest BCUT2D eigenvalue weighted by molar-refractivity contribution is 0.0160. The Kier molecular flexibility index (Phi) is 4.79. The lowest BCUT2D eigenvalue weighted by Gasteiger charge is -2.11. The topological polar surface area (TPSA) is 102 Å². The van der Waals surface area contributed by atoms with Gasteiger partial charge < -0.3 is 15.2 Å². The molecule has 0 aliphatic carbocycles. The molecule has 0 fully saturated rings. The summed E-state index contributed by atoms with van der Waals surface area (Å²) < 4.78 is 21.1. The Morgan fingerprint density at radius 1 is 1.40 bits per heavy atom. The summed E-state index contributed by atoms with van der Waals surface area (Å²) in [7, 11) is 0. The highest BCUT2D eigenvalue weighted by Gasteiger charge is 2.17. The summed E-state index contributed by atoms with van der Waals surface area (Å²) in [6, 6.07) is -0.426. The minimum absolute atomic E-state index is 0.125. The van der Waals surface area contributed by atoms with E-state index in [1.807, 2.05) is 13.8 Å². The molecule has 0 spiro atoms. The van der Waals surface area contributed by atoms with Crippen LogP contribution in [0, 0.1) is 0 Å². The first-order valence-electron chi connectivity index (χ1n) is 7.96. The maximum absolute atomic E-state index is 12.6. The number of aromatic hydroxyl groups is 1. The van der Waals surface area contributed by atoms with Crippen molar-refractivity contribution in [2.75, 3.05) is 18.6 Å². The number of nitrogens with zero attached hydrogens (tertiary/aromatic N) is 6. The van der Waals surface area contributed by atoms with E-state index in [9.17, 15) is 9.50 Å². The maximum atomic E-state index is 12.6. The Bertz CT molecular complexity index is 863. The van der Waals surface area contributed by atoms with Gasteiger partial charge in [0.25, 0.3) is 0 Å². The van der Waals surface area contributed by atoms with Gasteiger partial charge in [0.15, 0.2) is 5.75 Å². The average molecular weight is 349 g/mol. The third kappa shape index (κ3) is 3.38. The molecule has 0 saturated heterocycles. The number of aromatic nitrogens is 6. The molecule has 3 heterocycles. The number of fused-ring (bicyclic) bond motifs is 1. The van der Waals surface area contributed by atoms with Gasteiger partial charge in [-0.1, -0.05) is 0 Å². The number of ether oxygens (including phenoxy) is 1. The average Bonchev–Trinajstić information content (AvgIpc) is 3.22. The predicted octanol–water partition coefficient (Wildman–Crippen LogP) is 2.02. The van der Waals surface area contributed by atoms with Gasteiger partial charge in [-0.2, -0.15) is 14.6 Å². The second-order valence-electron chi connectivity index (χ2n) is 5.61. The minimum Gasteiger partial charge on any atom is -0.503 e. The van der Waals surface area contributed by atoms with Crippen molar-refractivity contribution in [3.05, 3.63) is 18.7 Å². The van der Waals surface area contributed by atoms with Crippen LogP contribution in [0.1, 0.15) is 27.0 Å². The first kappa shape index (κ1) is 17.1. The summed E-state index contributed by atoms with van der Waals surface area (Å²) in [6.45, 7) is 5.46. The van der Waals surface area contributed by atoms with Crippen LogP contribution >= 0.6 is 0 Å². The van der Waals surface area contributed by atoms with Gasteiger partial charge >= 0.3 is 0 Å². The van der Waals surface area contributed by atoms with Crippen molar-refractivity contribution >= 4 is 11.6 Å². The van der Waals surface area contributed by atoms with E-state index in [0.717, 1.165) is 0 Å². The number of nitrogens with one attached hydrogen (secondary N) is 1. The van der Waals surface area contributed by atoms with Gasteiger partial charge in [-0.15, -0.1) is 5.10 Å². The molecule has 0 saturated carbocycles. The normalized spacial score (nSPS) is 13.9. The molecule has 0 aromatic carbocycles. The summed E-state index contributed by atoms with van der Waals surface area (Å²) in [5, 5.41) is 21.7. The molecule has 0 aliphatic rings. The third-order valence-electron chi connectivity index (χ3n) is 3.63. The van der Waals surface area contributed by atoms with Crippen molar-refractivity contribution < 1.29 is 14.2 Å². The highest BCUT2D eigenvalue weighted by Crippen LogP contribution is 2.30. The van der Waals surface area contributed by atoms with Crippen LogP contribution in [0.25, 0.3) is 16.9 Å². The van der Waals surface area contributed by atoms with Gasteiger partial charge in [-0.25, -0.2) is 14.1 Å². The first-order valence-corrected chi connectivity index (χ1v) is 7.96. The molecular weight excluding hydrogens is 329 g/mol. The van der Waals surface area contributed by atoms with Crippen LogP contribution in [-0.4, -0.2) is 53.8 Å². The second-order valence-corrected chi connectivity index (χ2v) is 5.61. The maximum Gasteiger partial charge on any atom is 0.243 e. The fourth-order valence-corrected chi connectivity index (χ4v) is 2.35. The summed E-state index contributed by atoms with van der Waals surface area (Å²) in [6.07, 6.45) is 4.54. The summed E-state index contributed by atoms with van der Waals surface area (Å²) in [5.74, 6) is 0.0969. The van der Waals surface area contributed by atoms with E-state index in [4.69, 9.17) is 4.74 Å². The highest BCUT2D eigenvalue weighted by atomic mass is 19.1. The van der Waals surface area contributed by atoms with E-state index < -0.39 is 12.7 Å². The zero-order chi connectivity index (χ0) is 18.0. The molecule has 0 amide bonds. The Morgan fingerprint density at radius 3 is 2.92 bits per heavy atom. The fraction of sp³-hybridized carbons (Fsp3) is 0.467. The van der Waals surface area contributed by atoms with Gasteiger partial charge in [-0.3, -0.25) is 0 Å². The number of alkyl halides is 1. The fourth-order valence-electron chi connectivity index (χ4n) is 2.35. The molecule has 2 N–H and O–H groups in total. The molecule has 0 radical (unpaired) electrons. The second kappa shape index (κ2) is 7.01. The first-order chi connectivity index (χ1) is 12.0. The Morgan fingerprint density at radius 2 is 2.20 bits per heavy atom. The van der Waals surface area contributed by atoms with Crippen LogP contribution in [0.3, 0.4) is 0 Å². The monoisotopic (exact) mass is 349 g/mol. The quantitative estimate of drug-likeness (QED) is 0.672. The molecule has 25 heavy (non-hydrogen) atoms. The van der Waals surface area contributed by atoms with Crippen molar-refractivity contribution in [3.63, 3.8) is 0 Å². The number of halogens is 1. The van der Waals surface area contributed by atoms with Crippen LogP contribution in [0.5, 0.6) is 5.75 Å². The van der Waals surface area contributed by atoms with Gasteiger partial charge in [0.2, 0.25) is 11.6 Å². The molecular formula is C15H20FN7O2. The lowest BCUT2D eigenvalue weighted by atomic mass is 10.2. The summed E-state index contributed by atoms with van der Waals surface area (Å²) in [4.78, 5) is 8.41. The van der Waals surface area contributed by atoms with E-state index in [2.05, 4.69) is 25.5 Å². The van der Waals surface area contributed by atoms with E-state index in [1.165, 1.54) is 10.8 Å². The molecule has 2 atom stereocenters. The van der Waals surface area contributed by atoms with Gasteiger partial charge in [0.05, 0.1) is 12.2 Å². The zero-order valence-corrected chi connectivity index (χ0v) is 14.2. The van der Waals surface area contributed by atoms with Gasteiger partial charge in [0.1, 0.15) is 24.9 Å². The Balaban J connectivity index is 1.93. The molecule has 10 heteroatoms. The molecule has 0 bridgehead atoms. The predicted molar refractivity (Wildman–Crippen MR) is 89.1 cm³/mol. The number of anilines is 1. The van der Waals surface area contributed by atoms with Crippen molar-refractivity contribution in [1.82, 2.24) is 29.4 Å². The molecule has 3 aromatic heterocycles. The van der Waals surface area contributed by atoms with E-state index in [0.29, 0.717) is 17.9 Å². The number of hydrogen-bond acceptors (Lipinski definition) is 7.